The third kappa shape index (κ3) is 5.93. The summed E-state index contributed by atoms with van der Waals surface area (Å²) in [5, 5.41) is 8.63. The fourth-order valence-corrected chi connectivity index (χ4v) is 2.77. The lowest BCUT2D eigenvalue weighted by molar-refractivity contribution is 0.0918. The Kier molecular flexibility index (Phi) is 6.50. The maximum absolute atomic E-state index is 12.2. The van der Waals surface area contributed by atoms with E-state index < -0.39 is 0 Å². The summed E-state index contributed by atoms with van der Waals surface area (Å²) < 4.78 is 0.689. The summed E-state index contributed by atoms with van der Waals surface area (Å²) in [6.07, 6.45) is 0. The molecule has 0 spiro atoms. The Bertz CT molecular complexity index is 829. The van der Waals surface area contributed by atoms with Crippen LogP contribution in [-0.2, 0) is 0 Å². The molecule has 0 atom stereocenters. The summed E-state index contributed by atoms with van der Waals surface area (Å²) in [6.45, 7) is 5.77. The molecule has 0 aliphatic carbocycles. The highest BCUT2D eigenvalue weighted by atomic mass is 79.9. The minimum atomic E-state index is -0.309. The first kappa shape index (κ1) is 20.1. The van der Waals surface area contributed by atoms with Crippen LogP contribution in [0.5, 0.6) is 0 Å². The Balaban J connectivity index is 1.96. The zero-order valence-corrected chi connectivity index (χ0v) is 17.1. The predicted molar refractivity (Wildman–Crippen MR) is 111 cm³/mol. The van der Waals surface area contributed by atoms with Gasteiger partial charge in [0, 0.05) is 21.3 Å². The monoisotopic (exact) mass is 433 g/mol. The molecule has 0 unspecified atom stereocenters. The number of nitrogens with one attached hydrogen (secondary N) is 3. The molecule has 7 heteroatoms. The normalized spacial score (nSPS) is 10.8. The second-order valence-corrected chi connectivity index (χ2v) is 7.93. The van der Waals surface area contributed by atoms with Crippen molar-refractivity contribution >= 4 is 50.8 Å². The molecule has 2 rings (SSSR count). The standard InChI is InChI=1S/C19H20BrN3O2S/c1-19(2,3)23-16(24)12-8-10-13(11-9-12)21-18(26)22-17(25)14-6-4-5-7-15(14)20/h4-11H,1-3H3,(H,23,24)(H2,21,22,25,26). The summed E-state index contributed by atoms with van der Waals surface area (Å²) in [6, 6.07) is 13.9. The molecule has 0 radical (unpaired) electrons. The highest BCUT2D eigenvalue weighted by molar-refractivity contribution is 9.10. The topological polar surface area (TPSA) is 70.2 Å². The van der Waals surface area contributed by atoms with Gasteiger partial charge in [-0.25, -0.2) is 0 Å². The van der Waals surface area contributed by atoms with Gasteiger partial charge in [0.05, 0.1) is 5.56 Å². The highest BCUT2D eigenvalue weighted by Gasteiger charge is 2.15. The maximum atomic E-state index is 12.2. The van der Waals surface area contributed by atoms with E-state index in [4.69, 9.17) is 12.2 Å². The lowest BCUT2D eigenvalue weighted by Crippen LogP contribution is -2.40. The van der Waals surface area contributed by atoms with E-state index in [-0.39, 0.29) is 22.5 Å². The Morgan fingerprint density at radius 2 is 1.58 bits per heavy atom. The van der Waals surface area contributed by atoms with Crippen LogP contribution in [0.3, 0.4) is 0 Å². The lowest BCUT2D eigenvalue weighted by atomic mass is 10.1. The van der Waals surface area contributed by atoms with Crippen LogP contribution in [-0.4, -0.2) is 22.5 Å². The van der Waals surface area contributed by atoms with E-state index in [9.17, 15) is 9.59 Å². The average molecular weight is 434 g/mol. The fraction of sp³-hybridized carbons (Fsp3) is 0.211. The van der Waals surface area contributed by atoms with Crippen molar-refractivity contribution in [2.75, 3.05) is 5.32 Å². The van der Waals surface area contributed by atoms with E-state index in [1.54, 1.807) is 42.5 Å². The molecule has 136 valence electrons. The van der Waals surface area contributed by atoms with E-state index in [2.05, 4.69) is 31.9 Å². The molecule has 2 aromatic carbocycles. The summed E-state index contributed by atoms with van der Waals surface area (Å²) >= 11 is 8.51. The Morgan fingerprint density at radius 3 is 2.15 bits per heavy atom. The number of carbonyl (C=O) groups excluding carboxylic acids is 2. The highest BCUT2D eigenvalue weighted by Crippen LogP contribution is 2.16. The molecule has 0 aliphatic rings. The Hall–Kier alpha value is -2.25. The first-order valence-corrected chi connectivity index (χ1v) is 9.15. The zero-order chi connectivity index (χ0) is 19.3. The Labute approximate surface area is 166 Å². The number of hydrogen-bond acceptors (Lipinski definition) is 3. The van der Waals surface area contributed by atoms with Crippen molar-refractivity contribution in [1.82, 2.24) is 10.6 Å². The second-order valence-electron chi connectivity index (χ2n) is 6.67. The van der Waals surface area contributed by atoms with Crippen LogP contribution in [0.4, 0.5) is 5.69 Å². The molecular weight excluding hydrogens is 414 g/mol. The van der Waals surface area contributed by atoms with Crippen molar-refractivity contribution in [3.05, 3.63) is 64.1 Å². The van der Waals surface area contributed by atoms with Crippen molar-refractivity contribution in [1.29, 1.82) is 0 Å². The molecule has 3 N–H and O–H groups in total. The molecule has 0 saturated heterocycles. The van der Waals surface area contributed by atoms with E-state index >= 15 is 0 Å². The minimum absolute atomic E-state index is 0.145. The van der Waals surface area contributed by atoms with Crippen LogP contribution in [0, 0.1) is 0 Å². The van der Waals surface area contributed by atoms with Gasteiger partial charge in [-0.2, -0.15) is 0 Å². The number of hydrogen-bond donors (Lipinski definition) is 3. The average Bonchev–Trinajstić information content (AvgIpc) is 2.54. The van der Waals surface area contributed by atoms with Gasteiger partial charge < -0.3 is 10.6 Å². The second kappa shape index (κ2) is 8.42. The third-order valence-corrected chi connectivity index (χ3v) is 4.13. The van der Waals surface area contributed by atoms with Gasteiger partial charge in [0.2, 0.25) is 0 Å². The summed E-state index contributed by atoms with van der Waals surface area (Å²) in [5.74, 6) is -0.454. The van der Waals surface area contributed by atoms with Gasteiger partial charge >= 0.3 is 0 Å². The molecule has 0 heterocycles. The van der Waals surface area contributed by atoms with E-state index in [0.717, 1.165) is 0 Å². The van der Waals surface area contributed by atoms with Gasteiger partial charge in [-0.3, -0.25) is 14.9 Å². The third-order valence-electron chi connectivity index (χ3n) is 3.24. The lowest BCUT2D eigenvalue weighted by Gasteiger charge is -2.20. The molecule has 5 nitrogen and oxygen atoms in total. The summed E-state index contributed by atoms with van der Waals surface area (Å²) in [7, 11) is 0. The number of anilines is 1. The van der Waals surface area contributed by atoms with E-state index in [1.807, 2.05) is 26.8 Å². The number of benzene rings is 2. The van der Waals surface area contributed by atoms with E-state index in [0.29, 0.717) is 21.3 Å². The summed E-state index contributed by atoms with van der Waals surface area (Å²) in [5.41, 5.74) is 1.42. The largest absolute Gasteiger partial charge is 0.347 e. The van der Waals surface area contributed by atoms with Gasteiger partial charge in [-0.1, -0.05) is 12.1 Å². The van der Waals surface area contributed by atoms with Crippen LogP contribution in [0.1, 0.15) is 41.5 Å². The van der Waals surface area contributed by atoms with Crippen molar-refractivity contribution in [2.45, 2.75) is 26.3 Å². The number of carbonyl (C=O) groups is 2. The summed E-state index contributed by atoms with van der Waals surface area (Å²) in [4.78, 5) is 24.3. The molecule has 26 heavy (non-hydrogen) atoms. The van der Waals surface area contributed by atoms with Gasteiger partial charge in [-0.15, -0.1) is 0 Å². The van der Waals surface area contributed by atoms with Gasteiger partial charge in [0.25, 0.3) is 11.8 Å². The van der Waals surface area contributed by atoms with Crippen molar-refractivity contribution in [2.24, 2.45) is 0 Å². The Morgan fingerprint density at radius 1 is 0.962 bits per heavy atom. The van der Waals surface area contributed by atoms with Gasteiger partial charge in [0.1, 0.15) is 0 Å². The quantitative estimate of drug-likeness (QED) is 0.637. The maximum Gasteiger partial charge on any atom is 0.258 e. The zero-order valence-electron chi connectivity index (χ0n) is 14.7. The first-order valence-electron chi connectivity index (χ1n) is 7.95. The van der Waals surface area contributed by atoms with Crippen molar-refractivity contribution in [3.63, 3.8) is 0 Å². The van der Waals surface area contributed by atoms with Crippen molar-refractivity contribution < 1.29 is 9.59 Å². The minimum Gasteiger partial charge on any atom is -0.347 e. The molecule has 0 bridgehead atoms. The van der Waals surface area contributed by atoms with Crippen LogP contribution >= 0.6 is 28.1 Å². The molecule has 0 aromatic heterocycles. The van der Waals surface area contributed by atoms with Crippen LogP contribution in [0.2, 0.25) is 0 Å². The molecular formula is C19H20BrN3O2S. The number of rotatable bonds is 3. The first-order chi connectivity index (χ1) is 12.2. The van der Waals surface area contributed by atoms with E-state index in [1.165, 1.54) is 0 Å². The smallest absolute Gasteiger partial charge is 0.258 e. The number of thiocarbonyl (C=S) groups is 1. The number of amides is 2. The molecule has 2 amide bonds. The SMILES string of the molecule is CC(C)(C)NC(=O)c1ccc(NC(=S)NC(=O)c2ccccc2Br)cc1. The van der Waals surface area contributed by atoms with Crippen LogP contribution in [0.25, 0.3) is 0 Å². The fourth-order valence-electron chi connectivity index (χ4n) is 2.10. The van der Waals surface area contributed by atoms with Crippen LogP contribution < -0.4 is 16.0 Å². The molecule has 2 aromatic rings. The van der Waals surface area contributed by atoms with Gasteiger partial charge in [0.15, 0.2) is 5.11 Å². The number of halogens is 1. The molecule has 0 aliphatic heterocycles. The van der Waals surface area contributed by atoms with Crippen LogP contribution in [0.15, 0.2) is 53.0 Å². The molecule has 0 saturated carbocycles. The molecule has 0 fully saturated rings. The van der Waals surface area contributed by atoms with Gasteiger partial charge in [-0.05, 0) is 85.3 Å². The van der Waals surface area contributed by atoms with Crippen molar-refractivity contribution in [3.8, 4) is 0 Å². The predicted octanol–water partition coefficient (Wildman–Crippen LogP) is 4.10.